The van der Waals surface area contributed by atoms with Gasteiger partial charge in [0.2, 0.25) is 15.9 Å². The molecule has 3 rings (SSSR count). The molecule has 1 aliphatic heterocycles. The highest BCUT2D eigenvalue weighted by atomic mass is 32.2. The SMILES string of the molecule is Cc1ccc(S(=O)(=O)N2CCCCC2c2noc(C)n2)cc1. The van der Waals surface area contributed by atoms with Crippen molar-refractivity contribution in [1.29, 1.82) is 0 Å². The number of aromatic nitrogens is 2. The number of aryl methyl sites for hydroxylation is 2. The molecule has 0 bridgehead atoms. The average molecular weight is 321 g/mol. The van der Waals surface area contributed by atoms with E-state index >= 15 is 0 Å². The van der Waals surface area contributed by atoms with Gasteiger partial charge < -0.3 is 4.52 Å². The van der Waals surface area contributed by atoms with Crippen molar-refractivity contribution >= 4 is 10.0 Å². The maximum atomic E-state index is 12.9. The van der Waals surface area contributed by atoms with Gasteiger partial charge in [-0.05, 0) is 31.9 Å². The predicted molar refractivity (Wildman–Crippen MR) is 80.7 cm³/mol. The van der Waals surface area contributed by atoms with Crippen LogP contribution in [0.25, 0.3) is 0 Å². The molecular weight excluding hydrogens is 302 g/mol. The van der Waals surface area contributed by atoms with Crippen molar-refractivity contribution in [2.24, 2.45) is 0 Å². The minimum Gasteiger partial charge on any atom is -0.340 e. The molecule has 1 saturated heterocycles. The van der Waals surface area contributed by atoms with E-state index in [1.807, 2.05) is 19.1 Å². The summed E-state index contributed by atoms with van der Waals surface area (Å²) in [7, 11) is -3.56. The lowest BCUT2D eigenvalue weighted by molar-refractivity contribution is 0.240. The van der Waals surface area contributed by atoms with Gasteiger partial charge in [0.25, 0.3) is 0 Å². The third-order valence-electron chi connectivity index (χ3n) is 3.92. The zero-order valence-corrected chi connectivity index (χ0v) is 13.5. The van der Waals surface area contributed by atoms with Crippen LogP contribution in [0.3, 0.4) is 0 Å². The zero-order valence-electron chi connectivity index (χ0n) is 12.7. The molecular formula is C15H19N3O3S. The Bertz CT molecular complexity index is 753. The second-order valence-electron chi connectivity index (χ2n) is 5.61. The van der Waals surface area contributed by atoms with E-state index < -0.39 is 10.0 Å². The Morgan fingerprint density at radius 2 is 1.91 bits per heavy atom. The summed E-state index contributed by atoms with van der Waals surface area (Å²) in [5.41, 5.74) is 1.03. The Labute approximate surface area is 130 Å². The van der Waals surface area contributed by atoms with Crippen molar-refractivity contribution in [3.8, 4) is 0 Å². The fourth-order valence-electron chi connectivity index (χ4n) is 2.75. The molecule has 0 spiro atoms. The summed E-state index contributed by atoms with van der Waals surface area (Å²) in [6.45, 7) is 4.12. The van der Waals surface area contributed by atoms with E-state index in [-0.39, 0.29) is 6.04 Å². The maximum absolute atomic E-state index is 12.9. The summed E-state index contributed by atoms with van der Waals surface area (Å²) in [5.74, 6) is 0.904. The Morgan fingerprint density at radius 1 is 1.18 bits per heavy atom. The highest BCUT2D eigenvalue weighted by molar-refractivity contribution is 7.89. The van der Waals surface area contributed by atoms with Crippen LogP contribution < -0.4 is 0 Å². The second kappa shape index (κ2) is 5.81. The summed E-state index contributed by atoms with van der Waals surface area (Å²) in [5, 5.41) is 3.92. The highest BCUT2D eigenvalue weighted by Gasteiger charge is 2.36. The number of rotatable bonds is 3. The first kappa shape index (κ1) is 15.2. The first-order valence-electron chi connectivity index (χ1n) is 7.37. The van der Waals surface area contributed by atoms with Gasteiger partial charge in [-0.2, -0.15) is 9.29 Å². The molecule has 0 radical (unpaired) electrons. The van der Waals surface area contributed by atoms with Crippen LogP contribution in [-0.2, 0) is 10.0 Å². The summed E-state index contributed by atoms with van der Waals surface area (Å²) >= 11 is 0. The third kappa shape index (κ3) is 2.78. The molecule has 0 amide bonds. The van der Waals surface area contributed by atoms with E-state index in [0.717, 1.165) is 18.4 Å². The van der Waals surface area contributed by atoms with Crippen LogP contribution in [-0.4, -0.2) is 29.4 Å². The molecule has 1 aromatic carbocycles. The van der Waals surface area contributed by atoms with E-state index in [2.05, 4.69) is 10.1 Å². The number of hydrogen-bond acceptors (Lipinski definition) is 5. The minimum atomic E-state index is -3.56. The van der Waals surface area contributed by atoms with Crippen molar-refractivity contribution in [3.63, 3.8) is 0 Å². The van der Waals surface area contributed by atoms with Crippen molar-refractivity contribution in [1.82, 2.24) is 14.4 Å². The van der Waals surface area contributed by atoms with Crippen molar-refractivity contribution in [2.45, 2.75) is 44.0 Å². The fraction of sp³-hybridized carbons (Fsp3) is 0.467. The van der Waals surface area contributed by atoms with E-state index in [0.29, 0.717) is 29.6 Å². The van der Waals surface area contributed by atoms with Crippen LogP contribution >= 0.6 is 0 Å². The van der Waals surface area contributed by atoms with Gasteiger partial charge in [-0.3, -0.25) is 0 Å². The molecule has 6 nitrogen and oxygen atoms in total. The number of hydrogen-bond donors (Lipinski definition) is 0. The van der Waals surface area contributed by atoms with Gasteiger partial charge in [0, 0.05) is 13.5 Å². The van der Waals surface area contributed by atoms with Crippen LogP contribution in [0.2, 0.25) is 0 Å². The molecule has 1 atom stereocenters. The molecule has 0 saturated carbocycles. The van der Waals surface area contributed by atoms with Gasteiger partial charge >= 0.3 is 0 Å². The van der Waals surface area contributed by atoms with Gasteiger partial charge in [0.05, 0.1) is 10.9 Å². The van der Waals surface area contributed by atoms with Gasteiger partial charge in [-0.25, -0.2) is 8.42 Å². The molecule has 118 valence electrons. The molecule has 1 fully saturated rings. The summed E-state index contributed by atoms with van der Waals surface area (Å²) in [6, 6.07) is 6.57. The normalized spacial score (nSPS) is 20.2. The zero-order chi connectivity index (χ0) is 15.7. The maximum Gasteiger partial charge on any atom is 0.243 e. The highest BCUT2D eigenvalue weighted by Crippen LogP contribution is 2.34. The molecule has 22 heavy (non-hydrogen) atoms. The van der Waals surface area contributed by atoms with Gasteiger partial charge in [0.1, 0.15) is 0 Å². The molecule has 0 aliphatic carbocycles. The Hall–Kier alpha value is -1.73. The summed E-state index contributed by atoms with van der Waals surface area (Å²) in [4.78, 5) is 4.53. The molecule has 1 aliphatic rings. The first-order chi connectivity index (χ1) is 10.5. The topological polar surface area (TPSA) is 76.3 Å². The fourth-order valence-corrected chi connectivity index (χ4v) is 4.40. The molecule has 1 aromatic heterocycles. The largest absolute Gasteiger partial charge is 0.340 e. The van der Waals surface area contributed by atoms with Crippen LogP contribution in [0.15, 0.2) is 33.7 Å². The van der Waals surface area contributed by atoms with Gasteiger partial charge in [-0.15, -0.1) is 0 Å². The van der Waals surface area contributed by atoms with Gasteiger partial charge in [0.15, 0.2) is 5.82 Å². The molecule has 0 N–H and O–H groups in total. The minimum absolute atomic E-state index is 0.310. The quantitative estimate of drug-likeness (QED) is 0.868. The van der Waals surface area contributed by atoms with Crippen LogP contribution in [0.5, 0.6) is 0 Å². The molecule has 1 unspecified atom stereocenters. The van der Waals surface area contributed by atoms with Crippen LogP contribution in [0.1, 0.15) is 42.6 Å². The Balaban J connectivity index is 1.97. The van der Waals surface area contributed by atoms with Crippen molar-refractivity contribution in [3.05, 3.63) is 41.5 Å². The smallest absolute Gasteiger partial charge is 0.243 e. The molecule has 2 aromatic rings. The average Bonchev–Trinajstić information content (AvgIpc) is 2.94. The van der Waals surface area contributed by atoms with E-state index in [1.54, 1.807) is 19.1 Å². The lowest BCUT2D eigenvalue weighted by Crippen LogP contribution is -2.39. The number of piperidine rings is 1. The van der Waals surface area contributed by atoms with E-state index in [1.165, 1.54) is 4.31 Å². The van der Waals surface area contributed by atoms with Crippen LogP contribution in [0.4, 0.5) is 0 Å². The first-order valence-corrected chi connectivity index (χ1v) is 8.81. The predicted octanol–water partition coefficient (Wildman–Crippen LogP) is 2.60. The van der Waals surface area contributed by atoms with Crippen molar-refractivity contribution in [2.75, 3.05) is 6.54 Å². The molecule has 7 heteroatoms. The van der Waals surface area contributed by atoms with Crippen LogP contribution in [0, 0.1) is 13.8 Å². The summed E-state index contributed by atoms with van der Waals surface area (Å²) in [6.07, 6.45) is 2.51. The van der Waals surface area contributed by atoms with Crippen molar-refractivity contribution < 1.29 is 12.9 Å². The Kier molecular flexibility index (Phi) is 4.01. The third-order valence-corrected chi connectivity index (χ3v) is 5.84. The summed E-state index contributed by atoms with van der Waals surface area (Å²) < 4.78 is 32.4. The second-order valence-corrected chi connectivity index (χ2v) is 7.50. The Morgan fingerprint density at radius 3 is 2.55 bits per heavy atom. The monoisotopic (exact) mass is 321 g/mol. The van der Waals surface area contributed by atoms with E-state index in [9.17, 15) is 8.42 Å². The lowest BCUT2D eigenvalue weighted by Gasteiger charge is -2.32. The number of benzene rings is 1. The number of nitrogens with zero attached hydrogens (tertiary/aromatic N) is 3. The van der Waals surface area contributed by atoms with Gasteiger partial charge in [-0.1, -0.05) is 29.3 Å². The number of sulfonamides is 1. The van der Waals surface area contributed by atoms with E-state index in [4.69, 9.17) is 4.52 Å². The standard InChI is InChI=1S/C15H19N3O3S/c1-11-6-8-13(9-7-11)22(19,20)18-10-4-3-5-14(18)15-16-12(2)21-17-15/h6-9,14H,3-5,10H2,1-2H3. The lowest BCUT2D eigenvalue weighted by atomic mass is 10.0. The molecule has 2 heterocycles.